The van der Waals surface area contributed by atoms with Crippen LogP contribution in [0.2, 0.25) is 0 Å². The number of nitrogens with zero attached hydrogens (tertiary/aromatic N) is 1. The number of hydrogen-bond acceptors (Lipinski definition) is 1. The standard InChI is InChI=1S/C13H17N.I2/c1-3-5-8-12-10-7-11-13(14-12)9-6-4-2;1-2/h5-11H,3-4H2,1-2H3;/b8-5+,9-6+;. The average molecular weight is 441 g/mol. The smallest absolute Gasteiger partial charge is 0.0633 e. The Morgan fingerprint density at radius 2 is 1.44 bits per heavy atom. The van der Waals surface area contributed by atoms with E-state index < -0.39 is 0 Å². The third kappa shape index (κ3) is 7.38. The van der Waals surface area contributed by atoms with Gasteiger partial charge >= 0.3 is 0 Å². The molecule has 1 aromatic heterocycles. The summed E-state index contributed by atoms with van der Waals surface area (Å²) in [6.07, 6.45) is 10.5. The highest BCUT2D eigenvalue weighted by molar-refractivity contribution is 15.0. The molecule has 0 saturated heterocycles. The molecular formula is C13H17I2N. The van der Waals surface area contributed by atoms with Crippen LogP contribution in [-0.4, -0.2) is 4.98 Å². The molecule has 0 unspecified atom stereocenters. The van der Waals surface area contributed by atoms with Crippen molar-refractivity contribution in [2.45, 2.75) is 26.7 Å². The largest absolute Gasteiger partial charge is 0.249 e. The minimum absolute atomic E-state index is 1.03. The van der Waals surface area contributed by atoms with Crippen molar-refractivity contribution in [1.29, 1.82) is 0 Å². The Morgan fingerprint density at radius 1 is 1.00 bits per heavy atom. The summed E-state index contributed by atoms with van der Waals surface area (Å²) in [6, 6.07) is 6.09. The van der Waals surface area contributed by atoms with E-state index in [-0.39, 0.29) is 0 Å². The quantitative estimate of drug-likeness (QED) is 0.547. The third-order valence-electron chi connectivity index (χ3n) is 1.84. The molecule has 0 spiro atoms. The molecule has 0 saturated carbocycles. The number of allylic oxidation sites excluding steroid dienone is 2. The van der Waals surface area contributed by atoms with Gasteiger partial charge in [0.25, 0.3) is 0 Å². The van der Waals surface area contributed by atoms with E-state index in [9.17, 15) is 0 Å². The summed E-state index contributed by atoms with van der Waals surface area (Å²) < 4.78 is 0. The van der Waals surface area contributed by atoms with Gasteiger partial charge in [-0.3, -0.25) is 0 Å². The molecule has 0 atom stereocenters. The van der Waals surface area contributed by atoms with Gasteiger partial charge in [-0.05, 0) is 37.1 Å². The Labute approximate surface area is 122 Å². The highest BCUT2D eigenvalue weighted by Crippen LogP contribution is 2.04. The third-order valence-corrected chi connectivity index (χ3v) is 1.84. The number of pyridine rings is 1. The lowest BCUT2D eigenvalue weighted by Crippen LogP contribution is -1.83. The average Bonchev–Trinajstić information content (AvgIpc) is 2.37. The van der Waals surface area contributed by atoms with Gasteiger partial charge in [0.05, 0.1) is 11.4 Å². The first-order chi connectivity index (χ1) is 7.86. The van der Waals surface area contributed by atoms with Gasteiger partial charge in [0.2, 0.25) is 0 Å². The molecule has 0 aromatic carbocycles. The first kappa shape index (κ1) is 16.1. The first-order valence-electron chi connectivity index (χ1n) is 5.31. The molecule has 1 aromatic rings. The van der Waals surface area contributed by atoms with Crippen LogP contribution in [0.15, 0.2) is 30.4 Å². The Hall–Kier alpha value is 0.0900. The minimum atomic E-state index is 1.03. The van der Waals surface area contributed by atoms with Crippen LogP contribution in [-0.2, 0) is 0 Å². The van der Waals surface area contributed by atoms with Crippen molar-refractivity contribution >= 4 is 49.4 Å². The van der Waals surface area contributed by atoms with E-state index in [1.807, 2.05) is 18.2 Å². The summed E-state index contributed by atoms with van der Waals surface area (Å²) in [5, 5.41) is 0. The van der Waals surface area contributed by atoms with Crippen molar-refractivity contribution in [1.82, 2.24) is 4.98 Å². The monoisotopic (exact) mass is 441 g/mol. The van der Waals surface area contributed by atoms with Gasteiger partial charge in [-0.1, -0.05) is 32.1 Å². The summed E-state index contributed by atoms with van der Waals surface area (Å²) in [5.74, 6) is 0. The maximum atomic E-state index is 4.47. The Morgan fingerprint density at radius 3 is 1.81 bits per heavy atom. The zero-order valence-corrected chi connectivity index (χ0v) is 14.0. The molecule has 0 aliphatic carbocycles. The second-order valence-electron chi connectivity index (χ2n) is 3.11. The molecule has 0 radical (unpaired) electrons. The fraction of sp³-hybridized carbons (Fsp3) is 0.308. The van der Waals surface area contributed by atoms with Crippen LogP contribution in [0.25, 0.3) is 12.2 Å². The maximum absolute atomic E-state index is 4.47. The molecular weight excluding hydrogens is 424 g/mol. The van der Waals surface area contributed by atoms with Gasteiger partial charge in [0, 0.05) is 37.2 Å². The maximum Gasteiger partial charge on any atom is 0.0633 e. The fourth-order valence-corrected chi connectivity index (χ4v) is 1.13. The Balaban J connectivity index is 0.00000106. The predicted octanol–water partition coefficient (Wildman–Crippen LogP) is 5.70. The van der Waals surface area contributed by atoms with Gasteiger partial charge in [0.15, 0.2) is 0 Å². The lowest BCUT2D eigenvalue weighted by atomic mass is 10.2. The van der Waals surface area contributed by atoms with Crippen molar-refractivity contribution in [2.75, 3.05) is 0 Å². The molecule has 3 heteroatoms. The zero-order valence-electron chi connectivity index (χ0n) is 9.66. The fourth-order valence-electron chi connectivity index (χ4n) is 1.13. The molecule has 16 heavy (non-hydrogen) atoms. The molecule has 1 rings (SSSR count). The molecule has 1 nitrogen and oxygen atoms in total. The van der Waals surface area contributed by atoms with Gasteiger partial charge in [-0.2, -0.15) is 0 Å². The SMILES string of the molecule is CC/C=C/c1cccc(/C=C/CC)n1.II. The summed E-state index contributed by atoms with van der Waals surface area (Å²) in [4.78, 5) is 4.47. The second kappa shape index (κ2) is 11.6. The van der Waals surface area contributed by atoms with Crippen molar-refractivity contribution in [3.8, 4) is 0 Å². The molecule has 0 amide bonds. The lowest BCUT2D eigenvalue weighted by Gasteiger charge is -1.95. The van der Waals surface area contributed by atoms with Crippen LogP contribution in [0.4, 0.5) is 0 Å². The lowest BCUT2D eigenvalue weighted by molar-refractivity contribution is 1.21. The molecule has 0 N–H and O–H groups in total. The van der Waals surface area contributed by atoms with E-state index in [0.29, 0.717) is 0 Å². The van der Waals surface area contributed by atoms with Gasteiger partial charge in [0.1, 0.15) is 0 Å². The van der Waals surface area contributed by atoms with Crippen LogP contribution in [0.1, 0.15) is 38.1 Å². The first-order valence-corrected chi connectivity index (χ1v) is 11.6. The van der Waals surface area contributed by atoms with Crippen molar-refractivity contribution in [3.05, 3.63) is 41.7 Å². The minimum Gasteiger partial charge on any atom is -0.249 e. The van der Waals surface area contributed by atoms with Crippen LogP contribution in [0, 0.1) is 0 Å². The second-order valence-corrected chi connectivity index (χ2v) is 3.11. The number of halogens is 2. The van der Waals surface area contributed by atoms with E-state index in [2.05, 4.69) is 80.4 Å². The summed E-state index contributed by atoms with van der Waals surface area (Å²) in [6.45, 7) is 4.24. The van der Waals surface area contributed by atoms with Crippen LogP contribution < -0.4 is 0 Å². The molecule has 0 aliphatic rings. The molecule has 88 valence electrons. The van der Waals surface area contributed by atoms with Gasteiger partial charge in [-0.25, -0.2) is 4.98 Å². The van der Waals surface area contributed by atoms with Gasteiger partial charge in [-0.15, -0.1) is 0 Å². The molecule has 0 fully saturated rings. The molecule has 1 heterocycles. The van der Waals surface area contributed by atoms with Crippen molar-refractivity contribution in [2.24, 2.45) is 0 Å². The van der Waals surface area contributed by atoms with E-state index in [1.54, 1.807) is 0 Å². The highest BCUT2D eigenvalue weighted by Gasteiger charge is 1.89. The van der Waals surface area contributed by atoms with E-state index in [1.165, 1.54) is 0 Å². The van der Waals surface area contributed by atoms with Gasteiger partial charge < -0.3 is 0 Å². The Kier molecular flexibility index (Phi) is 11.6. The Bertz CT molecular complexity index is 303. The normalized spacial score (nSPS) is 10.5. The number of aromatic nitrogens is 1. The van der Waals surface area contributed by atoms with Crippen LogP contribution >= 0.6 is 37.2 Å². The van der Waals surface area contributed by atoms with E-state index in [4.69, 9.17) is 0 Å². The molecule has 0 aliphatic heterocycles. The highest BCUT2D eigenvalue weighted by atomic mass is 128. The summed E-state index contributed by atoms with van der Waals surface area (Å²) in [5.41, 5.74) is 2.07. The van der Waals surface area contributed by atoms with Crippen LogP contribution in [0.3, 0.4) is 0 Å². The number of rotatable bonds is 4. The zero-order chi connectivity index (χ0) is 12.2. The number of hydrogen-bond donors (Lipinski definition) is 0. The van der Waals surface area contributed by atoms with E-state index in [0.717, 1.165) is 24.2 Å². The van der Waals surface area contributed by atoms with Crippen molar-refractivity contribution < 1.29 is 0 Å². The van der Waals surface area contributed by atoms with Crippen LogP contribution in [0.5, 0.6) is 0 Å². The predicted molar refractivity (Wildman–Crippen MR) is 90.9 cm³/mol. The molecule has 0 bridgehead atoms. The topological polar surface area (TPSA) is 12.9 Å². The summed E-state index contributed by atoms with van der Waals surface area (Å²) >= 11 is 4.24. The van der Waals surface area contributed by atoms with E-state index >= 15 is 0 Å². The summed E-state index contributed by atoms with van der Waals surface area (Å²) in [7, 11) is 0. The van der Waals surface area contributed by atoms with Crippen molar-refractivity contribution in [3.63, 3.8) is 0 Å².